The number of rotatable bonds is 7. The molecular weight excluding hydrogens is 587 g/mol. The van der Waals surface area contributed by atoms with Gasteiger partial charge in [0.1, 0.15) is 16.9 Å². The number of hydrogen-bond acceptors (Lipinski definition) is 7. The molecule has 1 fully saturated rings. The molecule has 1 unspecified atom stereocenters. The van der Waals surface area contributed by atoms with Crippen molar-refractivity contribution in [3.8, 4) is 0 Å². The van der Waals surface area contributed by atoms with Crippen LogP contribution in [0.5, 0.6) is 0 Å². The van der Waals surface area contributed by atoms with Gasteiger partial charge in [-0.2, -0.15) is 4.31 Å². The standard InChI is InChI=1S/C32H47FN4O6S/c1-30(2,3)42-28(38)34-21-14-20-15-24-23(17-25(19-12-13-19)35-27(24)37(9,10)11)26(22(20)16-21)44(40,41)36(18-32(7,8)33)29(39)43-31(4,5)6/h15,17,19,21H,12-14,16,18H2,1-11H3/p+1. The van der Waals surface area contributed by atoms with Crippen LogP contribution in [0.1, 0.15) is 91.0 Å². The van der Waals surface area contributed by atoms with Gasteiger partial charge in [0.05, 0.1) is 43.7 Å². The molecule has 0 spiro atoms. The number of alkyl carbamates (subject to hydrolysis) is 1. The van der Waals surface area contributed by atoms with E-state index in [2.05, 4.69) is 5.32 Å². The number of nitrogens with zero attached hydrogens (tertiary/aromatic N) is 3. The van der Waals surface area contributed by atoms with Crippen LogP contribution in [0, 0.1) is 0 Å². The van der Waals surface area contributed by atoms with E-state index in [9.17, 15) is 18.0 Å². The predicted molar refractivity (Wildman–Crippen MR) is 169 cm³/mol. The monoisotopic (exact) mass is 635 g/mol. The highest BCUT2D eigenvalue weighted by Crippen LogP contribution is 2.45. The van der Waals surface area contributed by atoms with Crippen molar-refractivity contribution in [2.24, 2.45) is 0 Å². The number of carbonyl (C=O) groups is 2. The number of hydrogen-bond donors (Lipinski definition) is 1. The second-order valence-electron chi connectivity index (χ2n) is 15.6. The van der Waals surface area contributed by atoms with Crippen LogP contribution in [0.25, 0.3) is 10.8 Å². The second kappa shape index (κ2) is 11.1. The molecule has 44 heavy (non-hydrogen) atoms. The minimum atomic E-state index is -4.68. The number of aromatic nitrogens is 1. The number of sulfonamides is 1. The first-order valence-electron chi connectivity index (χ1n) is 15.1. The van der Waals surface area contributed by atoms with Gasteiger partial charge in [-0.05, 0) is 104 Å². The molecule has 2 aliphatic rings. The number of amides is 2. The number of pyridine rings is 1. The average molecular weight is 636 g/mol. The summed E-state index contributed by atoms with van der Waals surface area (Å²) in [6, 6.07) is 3.29. The molecular formula is C32H48FN4O6S+. The first-order valence-corrected chi connectivity index (χ1v) is 16.6. The first kappa shape index (κ1) is 33.9. The number of benzene rings is 1. The number of carbonyl (C=O) groups excluding carboxylic acids is 2. The molecule has 2 aromatic rings. The Bertz CT molecular complexity index is 1580. The lowest BCUT2D eigenvalue weighted by molar-refractivity contribution is 0.0319. The molecule has 244 valence electrons. The maximum absolute atomic E-state index is 15.2. The minimum absolute atomic E-state index is 0.0763. The Morgan fingerprint density at radius 1 is 0.977 bits per heavy atom. The van der Waals surface area contributed by atoms with Crippen molar-refractivity contribution < 1.29 is 31.9 Å². The zero-order valence-electron chi connectivity index (χ0n) is 27.9. The van der Waals surface area contributed by atoms with E-state index in [4.69, 9.17) is 14.5 Å². The first-order chi connectivity index (χ1) is 19.9. The summed E-state index contributed by atoms with van der Waals surface area (Å²) in [4.78, 5) is 31.1. The second-order valence-corrected chi connectivity index (χ2v) is 17.4. The molecule has 0 radical (unpaired) electrons. The summed E-state index contributed by atoms with van der Waals surface area (Å²) >= 11 is 0. The van der Waals surface area contributed by atoms with Crippen LogP contribution in [-0.2, 0) is 32.3 Å². The van der Waals surface area contributed by atoms with Crippen molar-refractivity contribution in [2.75, 3.05) is 27.7 Å². The Balaban J connectivity index is 1.98. The third kappa shape index (κ3) is 7.80. The molecule has 4 rings (SSSR count). The van der Waals surface area contributed by atoms with Gasteiger partial charge in [-0.25, -0.2) is 27.4 Å². The van der Waals surface area contributed by atoms with E-state index in [1.165, 1.54) is 13.8 Å². The minimum Gasteiger partial charge on any atom is -0.444 e. The molecule has 1 heterocycles. The molecule has 2 amide bonds. The van der Waals surface area contributed by atoms with E-state index in [-0.39, 0.29) is 17.2 Å². The lowest BCUT2D eigenvalue weighted by atomic mass is 10.0. The summed E-state index contributed by atoms with van der Waals surface area (Å²) in [6.07, 6.45) is 0.659. The number of alkyl halides is 1. The van der Waals surface area contributed by atoms with Gasteiger partial charge in [-0.1, -0.05) is 0 Å². The third-order valence-corrected chi connectivity index (χ3v) is 9.06. The molecule has 1 saturated carbocycles. The van der Waals surface area contributed by atoms with Gasteiger partial charge in [0.15, 0.2) is 0 Å². The van der Waals surface area contributed by atoms with Crippen LogP contribution in [0.4, 0.5) is 19.8 Å². The van der Waals surface area contributed by atoms with Crippen LogP contribution < -0.4 is 9.80 Å². The molecule has 10 nitrogen and oxygen atoms in total. The Labute approximate surface area is 260 Å². The Hall–Kier alpha value is -2.99. The van der Waals surface area contributed by atoms with Gasteiger partial charge in [0.2, 0.25) is 5.82 Å². The summed E-state index contributed by atoms with van der Waals surface area (Å²) in [5.74, 6) is 0.892. The third-order valence-electron chi connectivity index (χ3n) is 7.22. The Morgan fingerprint density at radius 2 is 1.57 bits per heavy atom. The Morgan fingerprint density at radius 3 is 2.07 bits per heavy atom. The molecule has 1 aromatic carbocycles. The lowest BCUT2D eigenvalue weighted by Crippen LogP contribution is -2.46. The van der Waals surface area contributed by atoms with Crippen LogP contribution in [-0.4, -0.2) is 80.5 Å². The normalized spacial score (nSPS) is 17.8. The van der Waals surface area contributed by atoms with Crippen molar-refractivity contribution in [1.29, 1.82) is 0 Å². The lowest BCUT2D eigenvalue weighted by Gasteiger charge is -2.31. The summed E-state index contributed by atoms with van der Waals surface area (Å²) in [7, 11) is 1.21. The maximum Gasteiger partial charge on any atom is 0.424 e. The number of halogens is 1. The van der Waals surface area contributed by atoms with Gasteiger partial charge >= 0.3 is 12.2 Å². The smallest absolute Gasteiger partial charge is 0.424 e. The van der Waals surface area contributed by atoms with E-state index >= 15 is 4.39 Å². The fourth-order valence-electron chi connectivity index (χ4n) is 5.43. The number of ether oxygens (including phenoxy) is 2. The van der Waals surface area contributed by atoms with Gasteiger partial charge in [-0.15, -0.1) is 0 Å². The summed E-state index contributed by atoms with van der Waals surface area (Å²) in [6.45, 7) is 11.9. The van der Waals surface area contributed by atoms with Gasteiger partial charge in [0.25, 0.3) is 10.0 Å². The average Bonchev–Trinajstić information content (AvgIpc) is 3.57. The molecule has 0 aliphatic heterocycles. The molecule has 1 aromatic heterocycles. The summed E-state index contributed by atoms with van der Waals surface area (Å²) in [5.41, 5.74) is -1.81. The highest BCUT2D eigenvalue weighted by Gasteiger charge is 2.43. The van der Waals surface area contributed by atoms with Crippen molar-refractivity contribution in [3.63, 3.8) is 0 Å². The molecule has 1 atom stereocenters. The topological polar surface area (TPSA) is 115 Å². The van der Waals surface area contributed by atoms with E-state index in [1.807, 2.05) is 33.3 Å². The van der Waals surface area contributed by atoms with Crippen molar-refractivity contribution in [1.82, 2.24) is 19.1 Å². The SMILES string of the molecule is CC(C)(F)CN(C(=O)OC(C)(C)C)S(=O)(=O)c1c2c(cc3c([N+](C)(C)C)nc(C4CC4)cc13)CC(NC(=O)OC(C)(C)C)C2. The van der Waals surface area contributed by atoms with Crippen molar-refractivity contribution in [2.45, 2.75) is 115 Å². The zero-order valence-corrected chi connectivity index (χ0v) is 28.7. The highest BCUT2D eigenvalue weighted by molar-refractivity contribution is 7.90. The summed E-state index contributed by atoms with van der Waals surface area (Å²) < 4.78 is 56.6. The molecule has 0 saturated heterocycles. The zero-order chi connectivity index (χ0) is 33.2. The van der Waals surface area contributed by atoms with Crippen molar-refractivity contribution >= 4 is 38.8 Å². The fraction of sp³-hybridized carbons (Fsp3) is 0.656. The molecule has 12 heteroatoms. The molecule has 0 bridgehead atoms. The molecule has 2 aliphatic carbocycles. The van der Waals surface area contributed by atoms with Crippen molar-refractivity contribution in [3.05, 3.63) is 29.0 Å². The van der Waals surface area contributed by atoms with Crippen LogP contribution in [0.2, 0.25) is 0 Å². The van der Waals surface area contributed by atoms with Crippen LogP contribution in [0.15, 0.2) is 17.0 Å². The fourth-order valence-corrected chi connectivity index (χ4v) is 7.34. The van der Waals surface area contributed by atoms with E-state index < -0.39 is 51.7 Å². The largest absolute Gasteiger partial charge is 0.444 e. The number of fused-ring (bicyclic) bond motifs is 2. The maximum atomic E-state index is 15.2. The van der Waals surface area contributed by atoms with E-state index in [1.54, 1.807) is 41.5 Å². The number of nitrogens with one attached hydrogen (secondary N) is 1. The van der Waals surface area contributed by atoms with Gasteiger partial charge < -0.3 is 14.8 Å². The van der Waals surface area contributed by atoms with E-state index in [0.717, 1.165) is 18.5 Å². The number of quaternary nitrogens is 1. The quantitative estimate of drug-likeness (QED) is 0.373. The summed E-state index contributed by atoms with van der Waals surface area (Å²) in [5, 5.41) is 3.93. The molecule has 1 N–H and O–H groups in total. The van der Waals surface area contributed by atoms with E-state index in [0.29, 0.717) is 42.9 Å². The Kier molecular flexibility index (Phi) is 8.56. The van der Waals surface area contributed by atoms with Gasteiger partial charge in [-0.3, -0.25) is 4.48 Å². The van der Waals surface area contributed by atoms with Gasteiger partial charge in [0, 0.05) is 17.3 Å². The highest BCUT2D eigenvalue weighted by atomic mass is 32.2. The van der Waals surface area contributed by atoms with Crippen LogP contribution in [0.3, 0.4) is 0 Å². The predicted octanol–water partition coefficient (Wildman–Crippen LogP) is 5.97. The van der Waals surface area contributed by atoms with Crippen LogP contribution >= 0.6 is 0 Å².